The number of aromatic hydroxyl groups is 1. The van der Waals surface area contributed by atoms with E-state index in [1.54, 1.807) is 12.1 Å². The SMILES string of the molecule is C=C(CC)CCl.Oc1ccc(-c2ccccc2)cc1. The van der Waals surface area contributed by atoms with Crippen molar-refractivity contribution < 1.29 is 5.11 Å². The fraction of sp³-hybridized carbons (Fsp3) is 0.176. The van der Waals surface area contributed by atoms with Gasteiger partial charge < -0.3 is 5.11 Å². The van der Waals surface area contributed by atoms with E-state index >= 15 is 0 Å². The van der Waals surface area contributed by atoms with Crippen LogP contribution in [0.5, 0.6) is 5.75 Å². The normalized spacial score (nSPS) is 9.37. The minimum Gasteiger partial charge on any atom is -0.508 e. The van der Waals surface area contributed by atoms with E-state index in [0.29, 0.717) is 11.6 Å². The predicted molar refractivity (Wildman–Crippen MR) is 83.7 cm³/mol. The van der Waals surface area contributed by atoms with Crippen molar-refractivity contribution in [3.8, 4) is 16.9 Å². The molecule has 0 spiro atoms. The molecule has 2 aromatic carbocycles. The van der Waals surface area contributed by atoms with Crippen LogP contribution in [0.25, 0.3) is 11.1 Å². The lowest BCUT2D eigenvalue weighted by atomic mass is 10.1. The highest BCUT2D eigenvalue weighted by atomic mass is 35.5. The molecule has 0 unspecified atom stereocenters. The second kappa shape index (κ2) is 8.39. The van der Waals surface area contributed by atoms with Gasteiger partial charge in [0.15, 0.2) is 0 Å². The fourth-order valence-electron chi connectivity index (χ4n) is 1.38. The number of alkyl halides is 1. The summed E-state index contributed by atoms with van der Waals surface area (Å²) in [5.41, 5.74) is 3.40. The molecule has 2 aromatic rings. The van der Waals surface area contributed by atoms with Crippen molar-refractivity contribution in [2.24, 2.45) is 0 Å². The summed E-state index contributed by atoms with van der Waals surface area (Å²) in [5, 5.41) is 9.10. The molecular weight excluding hydrogens is 256 g/mol. The van der Waals surface area contributed by atoms with Gasteiger partial charge in [0.1, 0.15) is 5.75 Å². The van der Waals surface area contributed by atoms with Crippen molar-refractivity contribution in [1.82, 2.24) is 0 Å². The summed E-state index contributed by atoms with van der Waals surface area (Å²) >= 11 is 5.35. The molecule has 100 valence electrons. The van der Waals surface area contributed by atoms with Crippen LogP contribution in [0, 0.1) is 0 Å². The molecule has 0 atom stereocenters. The molecule has 0 heterocycles. The molecule has 0 aromatic heterocycles. The lowest BCUT2D eigenvalue weighted by Gasteiger charge is -2.00. The first kappa shape index (κ1) is 15.3. The number of phenolic OH excluding ortho intramolecular Hbond substituents is 1. The zero-order valence-corrected chi connectivity index (χ0v) is 11.9. The number of allylic oxidation sites excluding steroid dienone is 1. The monoisotopic (exact) mass is 274 g/mol. The highest BCUT2D eigenvalue weighted by Crippen LogP contribution is 2.20. The van der Waals surface area contributed by atoms with Crippen molar-refractivity contribution in [3.05, 3.63) is 66.7 Å². The molecule has 0 saturated carbocycles. The Balaban J connectivity index is 0.000000258. The van der Waals surface area contributed by atoms with Crippen molar-refractivity contribution in [3.63, 3.8) is 0 Å². The van der Waals surface area contributed by atoms with Crippen LogP contribution < -0.4 is 0 Å². The summed E-state index contributed by atoms with van der Waals surface area (Å²) in [5.74, 6) is 0.913. The van der Waals surface area contributed by atoms with Gasteiger partial charge in [0, 0.05) is 5.88 Å². The molecule has 1 nitrogen and oxygen atoms in total. The maximum Gasteiger partial charge on any atom is 0.115 e. The van der Waals surface area contributed by atoms with Crippen molar-refractivity contribution in [1.29, 1.82) is 0 Å². The number of halogens is 1. The summed E-state index contributed by atoms with van der Waals surface area (Å²) in [6, 6.07) is 17.3. The third kappa shape index (κ3) is 5.62. The molecule has 2 heteroatoms. The first-order chi connectivity index (χ1) is 9.17. The third-order valence-electron chi connectivity index (χ3n) is 2.66. The zero-order valence-electron chi connectivity index (χ0n) is 11.1. The summed E-state index contributed by atoms with van der Waals surface area (Å²) in [7, 11) is 0. The highest BCUT2D eigenvalue weighted by Gasteiger charge is 1.94. The van der Waals surface area contributed by atoms with Crippen molar-refractivity contribution in [2.75, 3.05) is 5.88 Å². The van der Waals surface area contributed by atoms with E-state index in [1.807, 2.05) is 49.4 Å². The Hall–Kier alpha value is -1.73. The summed E-state index contributed by atoms with van der Waals surface area (Å²) in [4.78, 5) is 0. The molecule has 0 amide bonds. The molecule has 0 fully saturated rings. The van der Waals surface area contributed by atoms with Crippen molar-refractivity contribution >= 4 is 11.6 Å². The average molecular weight is 275 g/mol. The molecule has 0 aliphatic rings. The van der Waals surface area contributed by atoms with Gasteiger partial charge in [-0.25, -0.2) is 0 Å². The fourth-order valence-corrected chi connectivity index (χ4v) is 1.57. The van der Waals surface area contributed by atoms with Crippen LogP contribution in [0.4, 0.5) is 0 Å². The average Bonchev–Trinajstić information content (AvgIpc) is 2.48. The number of hydrogen-bond acceptors (Lipinski definition) is 1. The Morgan fingerprint density at radius 2 is 1.53 bits per heavy atom. The van der Waals surface area contributed by atoms with Gasteiger partial charge in [-0.05, 0) is 29.7 Å². The quantitative estimate of drug-likeness (QED) is 0.599. The lowest BCUT2D eigenvalue weighted by molar-refractivity contribution is 0.475. The van der Waals surface area contributed by atoms with Crippen LogP contribution in [0.1, 0.15) is 13.3 Å². The number of benzene rings is 2. The van der Waals surface area contributed by atoms with E-state index in [2.05, 4.69) is 6.58 Å². The van der Waals surface area contributed by atoms with E-state index in [1.165, 1.54) is 5.56 Å². The minimum atomic E-state index is 0.305. The summed E-state index contributed by atoms with van der Waals surface area (Å²) in [6.07, 6.45) is 1.00. The summed E-state index contributed by atoms with van der Waals surface area (Å²) < 4.78 is 0. The molecule has 0 aliphatic carbocycles. The highest BCUT2D eigenvalue weighted by molar-refractivity contribution is 6.19. The van der Waals surface area contributed by atoms with Gasteiger partial charge in [0.25, 0.3) is 0 Å². The van der Waals surface area contributed by atoms with Crippen LogP contribution in [-0.2, 0) is 0 Å². The van der Waals surface area contributed by atoms with Crippen LogP contribution >= 0.6 is 11.6 Å². The lowest BCUT2D eigenvalue weighted by Crippen LogP contribution is -1.74. The van der Waals surface area contributed by atoms with Gasteiger partial charge in [-0.15, -0.1) is 11.6 Å². The predicted octanol–water partition coefficient (Wildman–Crippen LogP) is 5.25. The Morgan fingerprint density at radius 1 is 1.00 bits per heavy atom. The van der Waals surface area contributed by atoms with E-state index < -0.39 is 0 Å². The zero-order chi connectivity index (χ0) is 14.1. The minimum absolute atomic E-state index is 0.305. The molecule has 1 N–H and O–H groups in total. The van der Waals surface area contributed by atoms with Crippen LogP contribution in [0.2, 0.25) is 0 Å². The van der Waals surface area contributed by atoms with E-state index in [9.17, 15) is 0 Å². The van der Waals surface area contributed by atoms with E-state index in [4.69, 9.17) is 16.7 Å². The second-order valence-electron chi connectivity index (χ2n) is 4.15. The molecule has 0 aliphatic heterocycles. The first-order valence-corrected chi connectivity index (χ1v) is 6.78. The number of phenols is 1. The van der Waals surface area contributed by atoms with Crippen LogP contribution in [0.15, 0.2) is 66.7 Å². The maximum absolute atomic E-state index is 9.10. The smallest absolute Gasteiger partial charge is 0.115 e. The molecule has 0 bridgehead atoms. The Morgan fingerprint density at radius 3 is 1.95 bits per heavy atom. The second-order valence-corrected chi connectivity index (χ2v) is 4.42. The maximum atomic E-state index is 9.10. The molecule has 0 saturated heterocycles. The van der Waals surface area contributed by atoms with E-state index in [0.717, 1.165) is 17.6 Å². The first-order valence-electron chi connectivity index (χ1n) is 6.24. The molecular formula is C17H19ClO. The largest absolute Gasteiger partial charge is 0.508 e. The van der Waals surface area contributed by atoms with Gasteiger partial charge in [0.2, 0.25) is 0 Å². The van der Waals surface area contributed by atoms with Gasteiger partial charge in [-0.3, -0.25) is 0 Å². The number of hydrogen-bond donors (Lipinski definition) is 1. The molecule has 2 rings (SSSR count). The van der Waals surface area contributed by atoms with Crippen LogP contribution in [0.3, 0.4) is 0 Å². The van der Waals surface area contributed by atoms with Gasteiger partial charge in [-0.2, -0.15) is 0 Å². The van der Waals surface area contributed by atoms with Crippen molar-refractivity contribution in [2.45, 2.75) is 13.3 Å². The Bertz CT molecular complexity index is 482. The Kier molecular flexibility index (Phi) is 6.76. The molecule has 19 heavy (non-hydrogen) atoms. The third-order valence-corrected chi connectivity index (χ3v) is 3.04. The standard InChI is InChI=1S/C12H10O.C5H9Cl/c13-12-8-6-11(7-9-12)10-4-2-1-3-5-10;1-3-5(2)4-6/h1-9,13H;2-4H2,1H3. The molecule has 0 radical (unpaired) electrons. The Labute approximate surface area is 120 Å². The number of rotatable bonds is 3. The summed E-state index contributed by atoms with van der Waals surface area (Å²) in [6.45, 7) is 5.71. The van der Waals surface area contributed by atoms with Gasteiger partial charge in [-0.1, -0.05) is 61.5 Å². The van der Waals surface area contributed by atoms with Gasteiger partial charge in [0.05, 0.1) is 0 Å². The van der Waals surface area contributed by atoms with Crippen LogP contribution in [-0.4, -0.2) is 11.0 Å². The van der Waals surface area contributed by atoms with Gasteiger partial charge >= 0.3 is 0 Å². The topological polar surface area (TPSA) is 20.2 Å². The van der Waals surface area contributed by atoms with E-state index in [-0.39, 0.29) is 0 Å².